The second kappa shape index (κ2) is 7.11. The van der Waals surface area contributed by atoms with E-state index in [1.54, 1.807) is 38.5 Å². The Kier molecular flexibility index (Phi) is 4.72. The van der Waals surface area contributed by atoms with Gasteiger partial charge in [0.15, 0.2) is 11.5 Å². The number of nitrogens with two attached hydrogens (primary N) is 1. The molecule has 0 unspecified atom stereocenters. The zero-order valence-corrected chi connectivity index (χ0v) is 14.7. The van der Waals surface area contributed by atoms with Crippen molar-refractivity contribution >= 4 is 23.1 Å². The highest BCUT2D eigenvalue weighted by atomic mass is 16.5. The molecule has 0 aliphatic carbocycles. The standard InChI is InChI=1S/C20H17N3O3/c1-12-4-5-13(11-24)8-14(12)6-7-16-15-9-18(25-2)19(26-3)10-17(15)23-20(21)22-16/h4-5,8-11H,1-3H3,(H2,21,22,23). The van der Waals surface area contributed by atoms with Crippen LogP contribution < -0.4 is 15.2 Å². The molecule has 0 radical (unpaired) electrons. The molecule has 130 valence electrons. The fourth-order valence-electron chi connectivity index (χ4n) is 2.54. The third-order valence-corrected chi connectivity index (χ3v) is 3.93. The molecule has 2 aromatic carbocycles. The maximum Gasteiger partial charge on any atom is 0.221 e. The number of fused-ring (bicyclic) bond motifs is 1. The highest BCUT2D eigenvalue weighted by molar-refractivity contribution is 5.88. The molecule has 1 aromatic heterocycles. The Hall–Kier alpha value is -3.59. The van der Waals surface area contributed by atoms with Gasteiger partial charge in [-0.25, -0.2) is 9.97 Å². The predicted octanol–water partition coefficient (Wildman–Crippen LogP) is 2.75. The average Bonchev–Trinajstić information content (AvgIpc) is 2.65. The molecule has 0 amide bonds. The van der Waals surface area contributed by atoms with Crippen LogP contribution in [0.3, 0.4) is 0 Å². The Bertz CT molecular complexity index is 1070. The number of aryl methyl sites for hydroxylation is 1. The lowest BCUT2D eigenvalue weighted by Gasteiger charge is -2.09. The number of aldehydes is 1. The largest absolute Gasteiger partial charge is 0.493 e. The molecule has 1 heterocycles. The van der Waals surface area contributed by atoms with E-state index < -0.39 is 0 Å². The molecule has 3 aromatic rings. The Balaban J connectivity index is 2.19. The fraction of sp³-hybridized carbons (Fsp3) is 0.150. The minimum Gasteiger partial charge on any atom is -0.493 e. The second-order valence-corrected chi connectivity index (χ2v) is 5.60. The summed E-state index contributed by atoms with van der Waals surface area (Å²) in [4.78, 5) is 19.5. The van der Waals surface area contributed by atoms with Crippen LogP contribution in [0.5, 0.6) is 11.5 Å². The highest BCUT2D eigenvalue weighted by Crippen LogP contribution is 2.32. The Morgan fingerprint density at radius 3 is 2.46 bits per heavy atom. The summed E-state index contributed by atoms with van der Waals surface area (Å²) in [7, 11) is 3.11. The molecule has 0 bridgehead atoms. The van der Waals surface area contributed by atoms with Crippen LogP contribution in [-0.4, -0.2) is 30.5 Å². The van der Waals surface area contributed by atoms with Crippen LogP contribution in [0, 0.1) is 18.8 Å². The van der Waals surface area contributed by atoms with Crippen molar-refractivity contribution in [3.05, 3.63) is 52.7 Å². The highest BCUT2D eigenvalue weighted by Gasteiger charge is 2.11. The zero-order valence-electron chi connectivity index (χ0n) is 14.7. The zero-order chi connectivity index (χ0) is 18.7. The van der Waals surface area contributed by atoms with Gasteiger partial charge in [0.05, 0.1) is 19.7 Å². The number of rotatable bonds is 3. The number of hydrogen-bond acceptors (Lipinski definition) is 6. The van der Waals surface area contributed by atoms with Gasteiger partial charge >= 0.3 is 0 Å². The molecule has 0 atom stereocenters. The van der Waals surface area contributed by atoms with E-state index in [4.69, 9.17) is 15.2 Å². The van der Waals surface area contributed by atoms with E-state index in [0.29, 0.717) is 33.7 Å². The summed E-state index contributed by atoms with van der Waals surface area (Å²) in [5.74, 6) is 7.31. The smallest absolute Gasteiger partial charge is 0.221 e. The monoisotopic (exact) mass is 347 g/mol. The number of methoxy groups -OCH3 is 2. The quantitative estimate of drug-likeness (QED) is 0.579. The molecular weight excluding hydrogens is 330 g/mol. The average molecular weight is 347 g/mol. The topological polar surface area (TPSA) is 87.3 Å². The first-order valence-corrected chi connectivity index (χ1v) is 7.82. The molecule has 0 saturated carbocycles. The number of anilines is 1. The number of nitrogen functional groups attached to an aromatic ring is 1. The third-order valence-electron chi connectivity index (χ3n) is 3.93. The van der Waals surface area contributed by atoms with Crippen LogP contribution in [0.15, 0.2) is 30.3 Å². The summed E-state index contributed by atoms with van der Waals surface area (Å²) < 4.78 is 10.6. The summed E-state index contributed by atoms with van der Waals surface area (Å²) in [6.07, 6.45) is 0.792. The lowest BCUT2D eigenvalue weighted by molar-refractivity contribution is 0.112. The van der Waals surface area contributed by atoms with E-state index in [1.807, 2.05) is 13.0 Å². The minimum absolute atomic E-state index is 0.118. The first-order chi connectivity index (χ1) is 12.5. The Labute approximate surface area is 151 Å². The van der Waals surface area contributed by atoms with Gasteiger partial charge in [0, 0.05) is 22.6 Å². The summed E-state index contributed by atoms with van der Waals surface area (Å²) in [5, 5.41) is 0.702. The lowest BCUT2D eigenvalue weighted by atomic mass is 10.1. The van der Waals surface area contributed by atoms with Crippen molar-refractivity contribution in [2.24, 2.45) is 0 Å². The first-order valence-electron chi connectivity index (χ1n) is 7.82. The predicted molar refractivity (Wildman–Crippen MR) is 99.6 cm³/mol. The molecule has 6 nitrogen and oxygen atoms in total. The van der Waals surface area contributed by atoms with Crippen molar-refractivity contribution < 1.29 is 14.3 Å². The molecular formula is C20H17N3O3. The molecule has 2 N–H and O–H groups in total. The van der Waals surface area contributed by atoms with Gasteiger partial charge in [-0.1, -0.05) is 18.1 Å². The lowest BCUT2D eigenvalue weighted by Crippen LogP contribution is -2.00. The third kappa shape index (κ3) is 3.28. The normalized spacial score (nSPS) is 10.1. The maximum atomic E-state index is 11.0. The van der Waals surface area contributed by atoms with E-state index in [9.17, 15) is 4.79 Å². The van der Waals surface area contributed by atoms with E-state index in [-0.39, 0.29) is 5.95 Å². The molecule has 0 aliphatic heterocycles. The fourth-order valence-corrected chi connectivity index (χ4v) is 2.54. The van der Waals surface area contributed by atoms with Crippen LogP contribution in [0.4, 0.5) is 5.95 Å². The molecule has 3 rings (SSSR count). The van der Waals surface area contributed by atoms with Gasteiger partial charge in [-0.05, 0) is 30.5 Å². The van der Waals surface area contributed by atoms with Gasteiger partial charge in [-0.3, -0.25) is 4.79 Å². The number of nitrogens with zero attached hydrogens (tertiary/aromatic N) is 2. The van der Waals surface area contributed by atoms with Gasteiger partial charge in [0.2, 0.25) is 5.95 Å². The maximum absolute atomic E-state index is 11.0. The van der Waals surface area contributed by atoms with Crippen molar-refractivity contribution in [2.45, 2.75) is 6.92 Å². The second-order valence-electron chi connectivity index (χ2n) is 5.60. The van der Waals surface area contributed by atoms with E-state index in [0.717, 1.165) is 17.4 Å². The first kappa shape index (κ1) is 17.2. The molecule has 26 heavy (non-hydrogen) atoms. The summed E-state index contributed by atoms with van der Waals surface area (Å²) in [6.45, 7) is 1.93. The van der Waals surface area contributed by atoms with Crippen molar-refractivity contribution in [1.82, 2.24) is 9.97 Å². The molecule has 0 fully saturated rings. The minimum atomic E-state index is 0.118. The van der Waals surface area contributed by atoms with E-state index >= 15 is 0 Å². The van der Waals surface area contributed by atoms with Crippen LogP contribution >= 0.6 is 0 Å². The van der Waals surface area contributed by atoms with Crippen LogP contribution in [-0.2, 0) is 0 Å². The van der Waals surface area contributed by atoms with Crippen molar-refractivity contribution in [3.63, 3.8) is 0 Å². The summed E-state index contributed by atoms with van der Waals surface area (Å²) in [5.41, 5.74) is 9.19. The van der Waals surface area contributed by atoms with Crippen molar-refractivity contribution in [2.75, 3.05) is 20.0 Å². The van der Waals surface area contributed by atoms with E-state index in [2.05, 4.69) is 21.8 Å². The van der Waals surface area contributed by atoms with E-state index in [1.165, 1.54) is 0 Å². The van der Waals surface area contributed by atoms with Crippen molar-refractivity contribution in [1.29, 1.82) is 0 Å². The Morgan fingerprint density at radius 1 is 1.04 bits per heavy atom. The van der Waals surface area contributed by atoms with Gasteiger partial charge in [-0.2, -0.15) is 0 Å². The van der Waals surface area contributed by atoms with Gasteiger partial charge in [-0.15, -0.1) is 0 Å². The Morgan fingerprint density at radius 2 is 1.77 bits per heavy atom. The van der Waals surface area contributed by atoms with Crippen LogP contribution in [0.1, 0.15) is 27.2 Å². The SMILES string of the molecule is COc1cc2nc(N)nc(C#Cc3cc(C=O)ccc3C)c2cc1OC. The van der Waals surface area contributed by atoms with Gasteiger partial charge in [0.25, 0.3) is 0 Å². The van der Waals surface area contributed by atoms with Crippen LogP contribution in [0.25, 0.3) is 10.9 Å². The van der Waals surface area contributed by atoms with Crippen LogP contribution in [0.2, 0.25) is 0 Å². The number of aromatic nitrogens is 2. The number of carbonyl (C=O) groups is 1. The number of ether oxygens (including phenoxy) is 2. The molecule has 6 heteroatoms. The summed E-state index contributed by atoms with van der Waals surface area (Å²) in [6, 6.07) is 8.85. The number of benzene rings is 2. The van der Waals surface area contributed by atoms with Crippen molar-refractivity contribution in [3.8, 4) is 23.3 Å². The number of hydrogen-bond donors (Lipinski definition) is 1. The molecule has 0 spiro atoms. The summed E-state index contributed by atoms with van der Waals surface area (Å²) >= 11 is 0. The number of carbonyl (C=O) groups excluding carboxylic acids is 1. The van der Waals surface area contributed by atoms with Gasteiger partial charge < -0.3 is 15.2 Å². The molecule has 0 saturated heterocycles. The van der Waals surface area contributed by atoms with Gasteiger partial charge in [0.1, 0.15) is 12.0 Å². The molecule has 0 aliphatic rings.